The molecule has 0 bridgehead atoms. The largest absolute Gasteiger partial charge is 0.481 e. The Morgan fingerprint density at radius 2 is 1.71 bits per heavy atom. The molecule has 2 atom stereocenters. The molecule has 116 valence electrons. The fourth-order valence-electron chi connectivity index (χ4n) is 1.62. The van der Waals surface area contributed by atoms with Crippen LogP contribution in [0.2, 0.25) is 0 Å². The van der Waals surface area contributed by atoms with Crippen molar-refractivity contribution < 1.29 is 28.2 Å². The van der Waals surface area contributed by atoms with Crippen LogP contribution in [0.25, 0.3) is 0 Å². The molecule has 1 aromatic carbocycles. The van der Waals surface area contributed by atoms with Gasteiger partial charge in [0.1, 0.15) is 11.3 Å². The highest BCUT2D eigenvalue weighted by atomic mass is 32.2. The lowest BCUT2D eigenvalue weighted by atomic mass is 10.1. The van der Waals surface area contributed by atoms with Crippen molar-refractivity contribution >= 4 is 27.6 Å². The van der Waals surface area contributed by atoms with Crippen LogP contribution in [0.15, 0.2) is 30.3 Å². The summed E-state index contributed by atoms with van der Waals surface area (Å²) in [7, 11) is -4.47. The molecule has 0 aliphatic heterocycles. The summed E-state index contributed by atoms with van der Waals surface area (Å²) >= 11 is 0. The maximum absolute atomic E-state index is 12.3. The zero-order valence-electron chi connectivity index (χ0n) is 10.8. The Balaban J connectivity index is 3.21. The summed E-state index contributed by atoms with van der Waals surface area (Å²) in [6, 6.07) is 5.51. The molecule has 0 radical (unpaired) electrons. The van der Waals surface area contributed by atoms with Crippen LogP contribution >= 0.6 is 0 Å². The molecule has 0 saturated carbocycles. The highest BCUT2D eigenvalue weighted by molar-refractivity contribution is 7.93. The number of carboxylic acid groups (broad SMARTS) is 2. The number of carboxylic acids is 2. The highest BCUT2D eigenvalue weighted by Crippen LogP contribution is 2.20. The van der Waals surface area contributed by atoms with E-state index in [0.717, 1.165) is 0 Å². The standard InChI is InChI=1S/C11H15N3O6S/c12-10(11(17)18)8(6-9(15)16)21(19,20)14(13)7-4-2-1-3-5-7/h1-5,8,10H,6,12-13H2,(H,15,16)(H,17,18)/t8?,10-/m0/s1. The molecule has 9 nitrogen and oxygen atoms in total. The molecule has 0 amide bonds. The summed E-state index contributed by atoms with van der Waals surface area (Å²) in [4.78, 5) is 21.7. The van der Waals surface area contributed by atoms with Crippen molar-refractivity contribution in [1.29, 1.82) is 0 Å². The fraction of sp³-hybridized carbons (Fsp3) is 0.273. The molecule has 6 N–H and O–H groups in total. The van der Waals surface area contributed by atoms with Crippen molar-refractivity contribution in [3.63, 3.8) is 0 Å². The van der Waals surface area contributed by atoms with E-state index in [2.05, 4.69) is 0 Å². The summed E-state index contributed by atoms with van der Waals surface area (Å²) in [5, 5.41) is 15.7. The number of hydrogen-bond donors (Lipinski definition) is 4. The molecule has 0 aliphatic rings. The van der Waals surface area contributed by atoms with E-state index in [1.807, 2.05) is 0 Å². The molecule has 0 aliphatic carbocycles. The number of sulfonamides is 1. The number of nitrogens with zero attached hydrogens (tertiary/aromatic N) is 1. The Kier molecular flexibility index (Phi) is 5.24. The zero-order valence-corrected chi connectivity index (χ0v) is 11.6. The van der Waals surface area contributed by atoms with Gasteiger partial charge in [-0.15, -0.1) is 0 Å². The molecule has 10 heteroatoms. The molecule has 0 aromatic heterocycles. The van der Waals surface area contributed by atoms with Crippen molar-refractivity contribution in [3.05, 3.63) is 30.3 Å². The van der Waals surface area contributed by atoms with Gasteiger partial charge in [0.25, 0.3) is 10.0 Å². The average Bonchev–Trinajstić information content (AvgIpc) is 2.43. The lowest BCUT2D eigenvalue weighted by Gasteiger charge is -2.26. The van der Waals surface area contributed by atoms with Crippen molar-refractivity contribution in [1.82, 2.24) is 0 Å². The van der Waals surface area contributed by atoms with Gasteiger partial charge in [-0.25, -0.2) is 18.7 Å². The summed E-state index contributed by atoms with van der Waals surface area (Å²) in [5.74, 6) is 2.36. The number of benzene rings is 1. The van der Waals surface area contributed by atoms with Gasteiger partial charge in [-0.1, -0.05) is 18.2 Å². The third-order valence-electron chi connectivity index (χ3n) is 2.73. The van der Waals surface area contributed by atoms with Gasteiger partial charge in [-0.3, -0.25) is 9.59 Å². The van der Waals surface area contributed by atoms with Gasteiger partial charge < -0.3 is 15.9 Å². The van der Waals surface area contributed by atoms with E-state index in [1.165, 1.54) is 24.3 Å². The molecule has 21 heavy (non-hydrogen) atoms. The molecule has 1 rings (SSSR count). The molecule has 0 fully saturated rings. The van der Waals surface area contributed by atoms with Crippen LogP contribution in [-0.2, 0) is 19.6 Å². The first kappa shape index (κ1) is 16.9. The van der Waals surface area contributed by atoms with E-state index >= 15 is 0 Å². The second-order valence-electron chi connectivity index (χ2n) is 4.18. The molecule has 0 saturated heterocycles. The SMILES string of the molecule is N[C@H](C(=O)O)C(CC(=O)O)S(=O)(=O)N(N)c1ccccc1. The van der Waals surface area contributed by atoms with Gasteiger partial charge in [0.05, 0.1) is 12.1 Å². The van der Waals surface area contributed by atoms with Crippen LogP contribution in [0.3, 0.4) is 0 Å². The summed E-state index contributed by atoms with van der Waals surface area (Å²) in [5.41, 5.74) is 5.35. The maximum Gasteiger partial charge on any atom is 0.321 e. The van der Waals surface area contributed by atoms with E-state index in [-0.39, 0.29) is 5.69 Å². The number of nitrogens with two attached hydrogens (primary N) is 2. The Labute approximate surface area is 120 Å². The van der Waals surface area contributed by atoms with Crippen molar-refractivity contribution in [2.75, 3.05) is 4.41 Å². The Bertz CT molecular complexity index is 618. The van der Waals surface area contributed by atoms with Gasteiger partial charge in [0.15, 0.2) is 0 Å². The topological polar surface area (TPSA) is 164 Å². The molecule has 0 heterocycles. The smallest absolute Gasteiger partial charge is 0.321 e. The number of hydrazine groups is 1. The van der Waals surface area contributed by atoms with Gasteiger partial charge in [-0.05, 0) is 12.1 Å². The van der Waals surface area contributed by atoms with E-state index in [0.29, 0.717) is 4.41 Å². The molecule has 1 aromatic rings. The van der Waals surface area contributed by atoms with Crippen LogP contribution in [-0.4, -0.2) is 41.9 Å². The minimum Gasteiger partial charge on any atom is -0.481 e. The summed E-state index contributed by atoms with van der Waals surface area (Å²) in [6.07, 6.45) is -0.976. The van der Waals surface area contributed by atoms with Gasteiger partial charge in [-0.2, -0.15) is 0 Å². The van der Waals surface area contributed by atoms with E-state index in [4.69, 9.17) is 21.8 Å². The van der Waals surface area contributed by atoms with Crippen LogP contribution < -0.4 is 16.0 Å². The van der Waals surface area contributed by atoms with Crippen molar-refractivity contribution in [2.24, 2.45) is 11.6 Å². The van der Waals surface area contributed by atoms with E-state index < -0.39 is 39.7 Å². The van der Waals surface area contributed by atoms with Gasteiger partial charge in [0.2, 0.25) is 0 Å². The highest BCUT2D eigenvalue weighted by Gasteiger charge is 2.40. The third kappa shape index (κ3) is 3.90. The quantitative estimate of drug-likeness (QED) is 0.365. The minimum atomic E-state index is -4.47. The molecular weight excluding hydrogens is 302 g/mol. The molecule has 1 unspecified atom stereocenters. The van der Waals surface area contributed by atoms with Crippen LogP contribution in [0.4, 0.5) is 5.69 Å². The van der Waals surface area contributed by atoms with E-state index in [1.54, 1.807) is 6.07 Å². The number of carbonyl (C=O) groups is 2. The zero-order chi connectivity index (χ0) is 16.2. The lowest BCUT2D eigenvalue weighted by Crippen LogP contribution is -2.54. The predicted molar refractivity (Wildman–Crippen MR) is 73.7 cm³/mol. The van der Waals surface area contributed by atoms with Crippen molar-refractivity contribution in [2.45, 2.75) is 17.7 Å². The fourth-order valence-corrected chi connectivity index (χ4v) is 3.16. The molecule has 0 spiro atoms. The monoisotopic (exact) mass is 317 g/mol. The Morgan fingerprint density at radius 3 is 2.14 bits per heavy atom. The summed E-state index contributed by atoms with van der Waals surface area (Å²) in [6.45, 7) is 0. The normalized spacial score (nSPS) is 14.2. The van der Waals surface area contributed by atoms with E-state index in [9.17, 15) is 18.0 Å². The molecular formula is C11H15N3O6S. The van der Waals surface area contributed by atoms with Crippen LogP contribution in [0, 0.1) is 0 Å². The first-order valence-electron chi connectivity index (χ1n) is 5.72. The first-order chi connectivity index (χ1) is 9.67. The third-order valence-corrected chi connectivity index (χ3v) is 4.71. The van der Waals surface area contributed by atoms with Crippen molar-refractivity contribution in [3.8, 4) is 0 Å². The maximum atomic E-state index is 12.3. The Morgan fingerprint density at radius 1 is 1.19 bits per heavy atom. The van der Waals surface area contributed by atoms with Crippen LogP contribution in [0.1, 0.15) is 6.42 Å². The second-order valence-corrected chi connectivity index (χ2v) is 6.21. The van der Waals surface area contributed by atoms with Gasteiger partial charge >= 0.3 is 11.9 Å². The average molecular weight is 317 g/mol. The first-order valence-corrected chi connectivity index (χ1v) is 7.22. The summed E-state index contributed by atoms with van der Waals surface area (Å²) < 4.78 is 25.0. The number of para-hydroxylation sites is 1. The van der Waals surface area contributed by atoms with Gasteiger partial charge in [0, 0.05) is 0 Å². The van der Waals surface area contributed by atoms with Crippen LogP contribution in [0.5, 0.6) is 0 Å². The number of hydrogen-bond acceptors (Lipinski definition) is 6. The second kappa shape index (κ2) is 6.52. The Hall–Kier alpha value is -2.17. The minimum absolute atomic E-state index is 0.0606. The number of anilines is 1. The lowest BCUT2D eigenvalue weighted by molar-refractivity contribution is -0.139. The number of aliphatic carboxylic acids is 2. The number of rotatable bonds is 7. The predicted octanol–water partition coefficient (Wildman–Crippen LogP) is -1.05.